The summed E-state index contributed by atoms with van der Waals surface area (Å²) in [5.74, 6) is -0.237. The highest BCUT2D eigenvalue weighted by atomic mass is 16.2. The summed E-state index contributed by atoms with van der Waals surface area (Å²) in [6.07, 6.45) is 5.50. The van der Waals surface area contributed by atoms with Crippen molar-refractivity contribution in [3.8, 4) is 0 Å². The van der Waals surface area contributed by atoms with Crippen LogP contribution >= 0.6 is 0 Å². The van der Waals surface area contributed by atoms with Gasteiger partial charge >= 0.3 is 0 Å². The molecule has 1 heterocycles. The molecule has 1 saturated carbocycles. The number of hydrogen-bond donors (Lipinski definition) is 1. The summed E-state index contributed by atoms with van der Waals surface area (Å²) in [7, 11) is 1.78. The van der Waals surface area contributed by atoms with Crippen LogP contribution in [0.5, 0.6) is 0 Å². The van der Waals surface area contributed by atoms with Crippen LogP contribution < -0.4 is 5.32 Å². The normalized spacial score (nSPS) is 15.8. The van der Waals surface area contributed by atoms with Crippen molar-refractivity contribution in [2.75, 3.05) is 13.6 Å². The molecule has 0 bridgehead atoms. The SMILES string of the molecule is CC(NC(=O)C1(C(=O)N(C)CCc2ccncc2)CC1)c1ccccc1. The van der Waals surface area contributed by atoms with Crippen LogP contribution in [-0.4, -0.2) is 35.3 Å². The summed E-state index contributed by atoms with van der Waals surface area (Å²) < 4.78 is 0. The van der Waals surface area contributed by atoms with Crippen LogP contribution in [0, 0.1) is 5.41 Å². The third kappa shape index (κ3) is 3.93. The fraction of sp³-hybridized carbons (Fsp3) is 0.381. The second kappa shape index (κ2) is 7.68. The molecule has 0 aliphatic heterocycles. The molecule has 1 aliphatic carbocycles. The van der Waals surface area contributed by atoms with Crippen molar-refractivity contribution in [1.29, 1.82) is 0 Å². The van der Waals surface area contributed by atoms with Gasteiger partial charge in [0.15, 0.2) is 0 Å². The van der Waals surface area contributed by atoms with Crippen molar-refractivity contribution in [3.63, 3.8) is 0 Å². The van der Waals surface area contributed by atoms with Gasteiger partial charge in [0.25, 0.3) is 0 Å². The van der Waals surface area contributed by atoms with Crippen LogP contribution in [0.2, 0.25) is 0 Å². The number of pyridine rings is 1. The molecule has 26 heavy (non-hydrogen) atoms. The van der Waals surface area contributed by atoms with E-state index in [9.17, 15) is 9.59 Å². The maximum Gasteiger partial charge on any atom is 0.238 e. The summed E-state index contributed by atoms with van der Waals surface area (Å²) in [5, 5.41) is 3.01. The molecule has 0 saturated heterocycles. The van der Waals surface area contributed by atoms with Gasteiger partial charge in [-0.05, 0) is 49.4 Å². The Morgan fingerprint density at radius 2 is 1.81 bits per heavy atom. The molecule has 1 fully saturated rings. The lowest BCUT2D eigenvalue weighted by Crippen LogP contribution is -2.45. The molecule has 1 aliphatic rings. The van der Waals surface area contributed by atoms with Gasteiger partial charge in [-0.15, -0.1) is 0 Å². The molecule has 5 nitrogen and oxygen atoms in total. The van der Waals surface area contributed by atoms with Crippen molar-refractivity contribution < 1.29 is 9.59 Å². The monoisotopic (exact) mass is 351 g/mol. The first-order valence-electron chi connectivity index (χ1n) is 9.03. The van der Waals surface area contributed by atoms with Crippen molar-refractivity contribution in [1.82, 2.24) is 15.2 Å². The minimum atomic E-state index is -0.879. The van der Waals surface area contributed by atoms with E-state index in [4.69, 9.17) is 0 Å². The number of aromatic nitrogens is 1. The van der Waals surface area contributed by atoms with Gasteiger partial charge in [-0.25, -0.2) is 0 Å². The average Bonchev–Trinajstić information content (AvgIpc) is 3.49. The third-order valence-electron chi connectivity index (χ3n) is 5.07. The van der Waals surface area contributed by atoms with E-state index in [0.29, 0.717) is 19.4 Å². The first kappa shape index (κ1) is 18.1. The standard InChI is InChI=1S/C21H25N3O2/c1-16(18-6-4-3-5-7-18)23-19(25)21(11-12-21)20(26)24(2)15-10-17-8-13-22-14-9-17/h3-9,13-14,16H,10-12,15H2,1-2H3,(H,23,25). The van der Waals surface area contributed by atoms with Gasteiger partial charge in [0.1, 0.15) is 5.41 Å². The van der Waals surface area contributed by atoms with Crippen molar-refractivity contribution in [3.05, 3.63) is 66.0 Å². The maximum absolute atomic E-state index is 12.9. The quantitative estimate of drug-likeness (QED) is 0.780. The van der Waals surface area contributed by atoms with Gasteiger partial charge in [-0.3, -0.25) is 14.6 Å². The lowest BCUT2D eigenvalue weighted by molar-refractivity contribution is -0.143. The van der Waals surface area contributed by atoms with E-state index in [1.165, 1.54) is 0 Å². The zero-order chi connectivity index (χ0) is 18.6. The van der Waals surface area contributed by atoms with Crippen LogP contribution in [0.3, 0.4) is 0 Å². The molecular weight excluding hydrogens is 326 g/mol. The predicted molar refractivity (Wildman–Crippen MR) is 100 cm³/mol. The van der Waals surface area contributed by atoms with Crippen LogP contribution in [0.4, 0.5) is 0 Å². The number of likely N-dealkylation sites (N-methyl/N-ethyl adjacent to an activating group) is 1. The number of carbonyl (C=O) groups excluding carboxylic acids is 2. The average molecular weight is 351 g/mol. The van der Waals surface area contributed by atoms with Crippen molar-refractivity contribution in [2.45, 2.75) is 32.2 Å². The van der Waals surface area contributed by atoms with E-state index in [0.717, 1.165) is 17.5 Å². The second-order valence-corrected chi connectivity index (χ2v) is 7.02. The van der Waals surface area contributed by atoms with Gasteiger partial charge in [0, 0.05) is 26.0 Å². The van der Waals surface area contributed by atoms with Crippen LogP contribution in [-0.2, 0) is 16.0 Å². The molecule has 1 unspecified atom stereocenters. The van der Waals surface area contributed by atoms with Gasteiger partial charge in [0.05, 0.1) is 6.04 Å². The summed E-state index contributed by atoms with van der Waals surface area (Å²) >= 11 is 0. The molecule has 5 heteroatoms. The fourth-order valence-corrected chi connectivity index (χ4v) is 3.14. The third-order valence-corrected chi connectivity index (χ3v) is 5.07. The first-order chi connectivity index (χ1) is 12.5. The van der Waals surface area contributed by atoms with E-state index >= 15 is 0 Å². The van der Waals surface area contributed by atoms with Crippen molar-refractivity contribution in [2.24, 2.45) is 5.41 Å². The molecule has 0 radical (unpaired) electrons. The molecule has 1 N–H and O–H groups in total. The number of nitrogens with one attached hydrogen (secondary N) is 1. The van der Waals surface area contributed by atoms with Gasteiger partial charge in [-0.1, -0.05) is 30.3 Å². The van der Waals surface area contributed by atoms with Crippen LogP contribution in [0.25, 0.3) is 0 Å². The van der Waals surface area contributed by atoms with Crippen LogP contribution in [0.15, 0.2) is 54.9 Å². The zero-order valence-corrected chi connectivity index (χ0v) is 15.3. The van der Waals surface area contributed by atoms with Gasteiger partial charge in [-0.2, -0.15) is 0 Å². The summed E-state index contributed by atoms with van der Waals surface area (Å²) in [6, 6.07) is 13.6. The fourth-order valence-electron chi connectivity index (χ4n) is 3.14. The lowest BCUT2D eigenvalue weighted by atomic mass is 10.0. The topological polar surface area (TPSA) is 62.3 Å². The summed E-state index contributed by atoms with van der Waals surface area (Å²) in [6.45, 7) is 2.53. The Balaban J connectivity index is 1.58. The van der Waals surface area contributed by atoms with Crippen molar-refractivity contribution >= 4 is 11.8 Å². The Kier molecular flexibility index (Phi) is 5.35. The summed E-state index contributed by atoms with van der Waals surface area (Å²) in [4.78, 5) is 31.3. The van der Waals surface area contributed by atoms with E-state index in [2.05, 4.69) is 10.3 Å². The Morgan fingerprint density at radius 3 is 2.42 bits per heavy atom. The Hall–Kier alpha value is -2.69. The predicted octanol–water partition coefficient (Wildman–Crippen LogP) is 2.74. The zero-order valence-electron chi connectivity index (χ0n) is 15.3. The Morgan fingerprint density at radius 1 is 1.15 bits per heavy atom. The van der Waals surface area contributed by atoms with E-state index in [1.54, 1.807) is 24.3 Å². The lowest BCUT2D eigenvalue weighted by Gasteiger charge is -2.24. The number of amides is 2. The maximum atomic E-state index is 12.9. The highest BCUT2D eigenvalue weighted by Gasteiger charge is 2.57. The minimum absolute atomic E-state index is 0.0793. The largest absolute Gasteiger partial charge is 0.349 e. The molecule has 136 valence electrons. The van der Waals surface area contributed by atoms with E-state index < -0.39 is 5.41 Å². The second-order valence-electron chi connectivity index (χ2n) is 7.02. The Labute approximate surface area is 154 Å². The number of benzene rings is 1. The number of nitrogens with zero attached hydrogens (tertiary/aromatic N) is 2. The minimum Gasteiger partial charge on any atom is -0.349 e. The molecule has 3 rings (SSSR count). The molecule has 0 spiro atoms. The number of carbonyl (C=O) groups is 2. The highest BCUT2D eigenvalue weighted by Crippen LogP contribution is 2.47. The highest BCUT2D eigenvalue weighted by molar-refractivity contribution is 6.07. The first-order valence-corrected chi connectivity index (χ1v) is 9.03. The molecule has 2 aromatic rings. The molecule has 2 amide bonds. The van der Waals surface area contributed by atoms with Crippen LogP contribution in [0.1, 0.15) is 36.9 Å². The molecule has 1 aromatic carbocycles. The smallest absolute Gasteiger partial charge is 0.238 e. The van der Waals surface area contributed by atoms with Gasteiger partial charge < -0.3 is 10.2 Å². The molecule has 1 aromatic heterocycles. The molecular formula is C21H25N3O2. The molecule has 1 atom stereocenters. The summed E-state index contributed by atoms with van der Waals surface area (Å²) in [5.41, 5.74) is 1.29. The number of rotatable bonds is 7. The van der Waals surface area contributed by atoms with Gasteiger partial charge in [0.2, 0.25) is 11.8 Å². The number of hydrogen-bond acceptors (Lipinski definition) is 3. The van der Waals surface area contributed by atoms with E-state index in [-0.39, 0.29) is 17.9 Å². The van der Waals surface area contributed by atoms with E-state index in [1.807, 2.05) is 49.4 Å². The Bertz CT molecular complexity index is 757.